The molecule has 0 atom stereocenters. The van der Waals surface area contributed by atoms with Gasteiger partial charge >= 0.3 is 0 Å². The van der Waals surface area contributed by atoms with Crippen LogP contribution in [0.1, 0.15) is 31.9 Å². The van der Waals surface area contributed by atoms with E-state index in [0.717, 1.165) is 11.1 Å². The maximum Gasteiger partial charge on any atom is 0.159 e. The average molecular weight is 190 g/mol. The van der Waals surface area contributed by atoms with Gasteiger partial charge in [-0.1, -0.05) is 44.7 Å². The predicted octanol–water partition coefficient (Wildman–Crippen LogP) is 3.62. The molecule has 1 heteroatoms. The molecule has 0 saturated heterocycles. The largest absolute Gasteiger partial charge is 0.295 e. The summed E-state index contributed by atoms with van der Waals surface area (Å²) in [5.41, 5.74) is 2.64. The molecule has 1 aromatic rings. The lowest BCUT2D eigenvalue weighted by Crippen LogP contribution is -1.95. The highest BCUT2D eigenvalue weighted by atomic mass is 16.1. The van der Waals surface area contributed by atoms with E-state index in [2.05, 4.69) is 6.58 Å². The number of rotatable bonds is 2. The van der Waals surface area contributed by atoms with Crippen LogP contribution >= 0.6 is 0 Å². The smallest absolute Gasteiger partial charge is 0.159 e. The van der Waals surface area contributed by atoms with Crippen molar-refractivity contribution >= 4 is 11.4 Å². The molecule has 0 amide bonds. The Hall–Kier alpha value is -1.37. The topological polar surface area (TPSA) is 17.1 Å². The highest BCUT2D eigenvalue weighted by Gasteiger charge is 2.05. The maximum absolute atomic E-state index is 11.0. The van der Waals surface area contributed by atoms with Gasteiger partial charge in [0.1, 0.15) is 0 Å². The molecule has 0 aliphatic carbocycles. The Kier molecular flexibility index (Phi) is 5.54. The Labute approximate surface area is 86.5 Å². The molecule has 0 bridgehead atoms. The van der Waals surface area contributed by atoms with Gasteiger partial charge in [0.05, 0.1) is 0 Å². The third-order valence-electron chi connectivity index (χ3n) is 1.90. The Morgan fingerprint density at radius 2 is 1.71 bits per heavy atom. The summed E-state index contributed by atoms with van der Waals surface area (Å²) < 4.78 is 0. The second-order valence-corrected chi connectivity index (χ2v) is 2.85. The molecule has 1 aromatic carbocycles. The second-order valence-electron chi connectivity index (χ2n) is 2.85. The summed E-state index contributed by atoms with van der Waals surface area (Å²) in [5, 5.41) is 0. The van der Waals surface area contributed by atoms with E-state index in [9.17, 15) is 4.79 Å². The number of carbonyl (C=O) groups excluding carboxylic acids is 1. The van der Waals surface area contributed by atoms with Crippen LogP contribution in [0.4, 0.5) is 0 Å². The van der Waals surface area contributed by atoms with Gasteiger partial charge in [-0.25, -0.2) is 0 Å². The van der Waals surface area contributed by atoms with Crippen LogP contribution in [0.5, 0.6) is 0 Å². The van der Waals surface area contributed by atoms with Crippen LogP contribution in [0.25, 0.3) is 5.57 Å². The first kappa shape index (κ1) is 12.6. The number of hydrogen-bond acceptors (Lipinski definition) is 1. The van der Waals surface area contributed by atoms with Gasteiger partial charge in [-0.05, 0) is 25.0 Å². The van der Waals surface area contributed by atoms with Crippen LogP contribution in [0, 0.1) is 6.92 Å². The fourth-order valence-electron chi connectivity index (χ4n) is 1.10. The van der Waals surface area contributed by atoms with Gasteiger partial charge < -0.3 is 0 Å². The summed E-state index contributed by atoms with van der Waals surface area (Å²) in [5.74, 6) is 0.0318. The Balaban J connectivity index is 0.000000791. The number of Topliss-reactive ketones (excluding diaryl/α,β-unsaturated/α-hetero) is 1. The number of allylic oxidation sites excluding steroid dienone is 1. The molecule has 0 fully saturated rings. The van der Waals surface area contributed by atoms with Crippen LogP contribution in [0.15, 0.2) is 30.8 Å². The molecule has 0 saturated carbocycles. The molecular weight excluding hydrogens is 172 g/mol. The predicted molar refractivity (Wildman–Crippen MR) is 62.2 cm³/mol. The zero-order chi connectivity index (χ0) is 11.1. The Bertz CT molecular complexity index is 324. The number of benzene rings is 1. The Morgan fingerprint density at radius 3 is 2.14 bits per heavy atom. The van der Waals surface area contributed by atoms with Gasteiger partial charge in [0.2, 0.25) is 0 Å². The minimum atomic E-state index is 0.0318. The van der Waals surface area contributed by atoms with Crippen LogP contribution < -0.4 is 0 Å². The first-order valence-electron chi connectivity index (χ1n) is 4.89. The van der Waals surface area contributed by atoms with E-state index in [4.69, 9.17) is 0 Å². The quantitative estimate of drug-likeness (QED) is 0.651. The summed E-state index contributed by atoms with van der Waals surface area (Å²) in [4.78, 5) is 11.0. The number of hydrogen-bond donors (Lipinski definition) is 0. The van der Waals surface area contributed by atoms with Crippen molar-refractivity contribution in [2.45, 2.75) is 27.7 Å². The van der Waals surface area contributed by atoms with E-state index in [1.54, 1.807) is 0 Å². The summed E-state index contributed by atoms with van der Waals surface area (Å²) in [6, 6.07) is 7.76. The number of ketones is 1. The van der Waals surface area contributed by atoms with Crippen molar-refractivity contribution in [1.82, 2.24) is 0 Å². The molecule has 0 radical (unpaired) electrons. The molecule has 0 spiro atoms. The number of aryl methyl sites for hydroxylation is 1. The lowest BCUT2D eigenvalue weighted by molar-refractivity contribution is -0.111. The van der Waals surface area contributed by atoms with Gasteiger partial charge in [-0.3, -0.25) is 4.79 Å². The zero-order valence-corrected chi connectivity index (χ0v) is 9.42. The van der Waals surface area contributed by atoms with Crippen LogP contribution in [-0.4, -0.2) is 5.78 Å². The van der Waals surface area contributed by atoms with Crippen LogP contribution in [0.3, 0.4) is 0 Å². The van der Waals surface area contributed by atoms with Crippen molar-refractivity contribution in [2.75, 3.05) is 0 Å². The molecule has 76 valence electrons. The first-order valence-corrected chi connectivity index (χ1v) is 4.89. The third-order valence-corrected chi connectivity index (χ3v) is 1.90. The fourth-order valence-corrected chi connectivity index (χ4v) is 1.10. The van der Waals surface area contributed by atoms with Crippen molar-refractivity contribution in [3.63, 3.8) is 0 Å². The normalized spacial score (nSPS) is 8.57. The van der Waals surface area contributed by atoms with Gasteiger partial charge in [-0.2, -0.15) is 0 Å². The lowest BCUT2D eigenvalue weighted by Gasteiger charge is -2.04. The Morgan fingerprint density at radius 1 is 1.21 bits per heavy atom. The second kappa shape index (κ2) is 6.14. The van der Waals surface area contributed by atoms with Gasteiger partial charge in [0, 0.05) is 5.57 Å². The number of carbonyl (C=O) groups is 1. The van der Waals surface area contributed by atoms with E-state index in [-0.39, 0.29) is 5.78 Å². The fraction of sp³-hybridized carbons (Fsp3) is 0.308. The highest BCUT2D eigenvalue weighted by molar-refractivity contribution is 6.19. The molecule has 14 heavy (non-hydrogen) atoms. The van der Waals surface area contributed by atoms with Crippen molar-refractivity contribution < 1.29 is 4.79 Å². The zero-order valence-electron chi connectivity index (χ0n) is 9.42. The molecule has 1 nitrogen and oxygen atoms in total. The van der Waals surface area contributed by atoms with Gasteiger partial charge in [0.15, 0.2) is 5.78 Å². The first-order chi connectivity index (χ1) is 6.63. The van der Waals surface area contributed by atoms with E-state index >= 15 is 0 Å². The highest BCUT2D eigenvalue weighted by Crippen LogP contribution is 2.16. The van der Waals surface area contributed by atoms with E-state index < -0.39 is 0 Å². The maximum atomic E-state index is 11.0. The summed E-state index contributed by atoms with van der Waals surface area (Å²) in [6.07, 6.45) is 0. The standard InChI is InChI=1S/C11H12O.C2H6/c1-8-6-4-5-7-11(8)9(2)10(3)12;1-2/h4-7H,2H2,1,3H3;1-2H3. The minimum Gasteiger partial charge on any atom is -0.295 e. The van der Waals surface area contributed by atoms with Crippen molar-refractivity contribution in [2.24, 2.45) is 0 Å². The monoisotopic (exact) mass is 190 g/mol. The third kappa shape index (κ3) is 3.17. The molecule has 0 heterocycles. The summed E-state index contributed by atoms with van der Waals surface area (Å²) >= 11 is 0. The van der Waals surface area contributed by atoms with Crippen molar-refractivity contribution in [1.29, 1.82) is 0 Å². The van der Waals surface area contributed by atoms with Crippen LogP contribution in [-0.2, 0) is 4.79 Å². The molecular formula is C13H18O. The van der Waals surface area contributed by atoms with Crippen molar-refractivity contribution in [3.05, 3.63) is 42.0 Å². The summed E-state index contributed by atoms with van der Waals surface area (Å²) in [7, 11) is 0. The molecule has 0 aromatic heterocycles. The SMILES string of the molecule is C=C(C(C)=O)c1ccccc1C.CC. The molecule has 0 aliphatic rings. The van der Waals surface area contributed by atoms with Crippen molar-refractivity contribution in [3.8, 4) is 0 Å². The molecule has 0 N–H and O–H groups in total. The molecule has 0 aliphatic heterocycles. The van der Waals surface area contributed by atoms with Gasteiger partial charge in [-0.15, -0.1) is 0 Å². The average Bonchev–Trinajstić information content (AvgIpc) is 2.20. The molecule has 0 unspecified atom stereocenters. The van der Waals surface area contributed by atoms with E-state index in [1.807, 2.05) is 45.0 Å². The van der Waals surface area contributed by atoms with Crippen LogP contribution in [0.2, 0.25) is 0 Å². The van der Waals surface area contributed by atoms with E-state index in [1.165, 1.54) is 6.92 Å². The molecule has 1 rings (SSSR count). The summed E-state index contributed by atoms with van der Waals surface area (Å²) in [6.45, 7) is 11.2. The van der Waals surface area contributed by atoms with Gasteiger partial charge in [0.25, 0.3) is 0 Å². The van der Waals surface area contributed by atoms with E-state index in [0.29, 0.717) is 5.57 Å². The minimum absolute atomic E-state index is 0.0318. The lowest BCUT2D eigenvalue weighted by atomic mass is 10.00.